The van der Waals surface area contributed by atoms with Crippen molar-refractivity contribution >= 4 is 17.6 Å². The standard InChI is InChI=1S/C12H9N5O4/c18-11(19)9-5-10(16-12(15-9)13-6-14-16)7-2-1-3-8(4-7)17(20)21/h1-6,10H,(H,18,19)(H,13,14,15). The van der Waals surface area contributed by atoms with Gasteiger partial charge in [0.2, 0.25) is 5.95 Å². The maximum absolute atomic E-state index is 11.1. The van der Waals surface area contributed by atoms with Gasteiger partial charge in [-0.1, -0.05) is 12.1 Å². The predicted molar refractivity (Wildman–Crippen MR) is 70.6 cm³/mol. The van der Waals surface area contributed by atoms with Crippen LogP contribution < -0.4 is 5.32 Å². The Balaban J connectivity index is 2.10. The highest BCUT2D eigenvalue weighted by Crippen LogP contribution is 2.29. The number of hydrogen-bond donors (Lipinski definition) is 2. The number of carbonyl (C=O) groups is 1. The molecule has 9 nitrogen and oxygen atoms in total. The lowest BCUT2D eigenvalue weighted by molar-refractivity contribution is -0.384. The summed E-state index contributed by atoms with van der Waals surface area (Å²) < 4.78 is 1.46. The van der Waals surface area contributed by atoms with Crippen LogP contribution in [0.25, 0.3) is 0 Å². The summed E-state index contributed by atoms with van der Waals surface area (Å²) in [4.78, 5) is 25.4. The van der Waals surface area contributed by atoms with Gasteiger partial charge in [0.05, 0.1) is 4.92 Å². The van der Waals surface area contributed by atoms with E-state index >= 15 is 0 Å². The van der Waals surface area contributed by atoms with E-state index < -0.39 is 16.9 Å². The van der Waals surface area contributed by atoms with E-state index in [1.807, 2.05) is 0 Å². The number of nitrogens with zero attached hydrogens (tertiary/aromatic N) is 4. The summed E-state index contributed by atoms with van der Waals surface area (Å²) in [5.41, 5.74) is 0.432. The molecule has 2 N–H and O–H groups in total. The molecule has 1 aromatic carbocycles. The van der Waals surface area contributed by atoms with Crippen LogP contribution in [0, 0.1) is 10.1 Å². The van der Waals surface area contributed by atoms with E-state index in [4.69, 9.17) is 5.11 Å². The molecule has 1 unspecified atom stereocenters. The fraction of sp³-hybridized carbons (Fsp3) is 0.0833. The third kappa shape index (κ3) is 2.20. The molecule has 0 saturated carbocycles. The molecule has 0 bridgehead atoms. The summed E-state index contributed by atoms with van der Waals surface area (Å²) in [6.45, 7) is 0. The SMILES string of the molecule is O=C(O)C1=CC(c2cccc([N+](=O)[O-])c2)n2ncnc2N1. The zero-order valence-corrected chi connectivity index (χ0v) is 10.5. The lowest BCUT2D eigenvalue weighted by Gasteiger charge is -2.22. The van der Waals surface area contributed by atoms with E-state index in [2.05, 4.69) is 15.4 Å². The highest BCUT2D eigenvalue weighted by atomic mass is 16.6. The van der Waals surface area contributed by atoms with E-state index in [0.29, 0.717) is 5.56 Å². The molecule has 21 heavy (non-hydrogen) atoms. The normalized spacial score (nSPS) is 16.6. The first kappa shape index (κ1) is 12.8. The second-order valence-electron chi connectivity index (χ2n) is 4.34. The van der Waals surface area contributed by atoms with Crippen molar-refractivity contribution in [2.24, 2.45) is 0 Å². The van der Waals surface area contributed by atoms with Gasteiger partial charge < -0.3 is 10.4 Å². The second-order valence-corrected chi connectivity index (χ2v) is 4.34. The van der Waals surface area contributed by atoms with Gasteiger partial charge in [0.1, 0.15) is 18.1 Å². The number of nitro groups is 1. The predicted octanol–water partition coefficient (Wildman–Crippen LogP) is 1.17. The lowest BCUT2D eigenvalue weighted by Crippen LogP contribution is -2.24. The van der Waals surface area contributed by atoms with Crippen molar-refractivity contribution in [2.45, 2.75) is 6.04 Å². The van der Waals surface area contributed by atoms with Gasteiger partial charge in [0.25, 0.3) is 5.69 Å². The molecule has 1 aliphatic heterocycles. The summed E-state index contributed by atoms with van der Waals surface area (Å²) in [6, 6.07) is 5.39. The molecule has 2 aromatic rings. The Labute approximate surface area is 117 Å². The Kier molecular flexibility index (Phi) is 2.87. The summed E-state index contributed by atoms with van der Waals surface area (Å²) in [6.07, 6.45) is 2.72. The molecule has 2 heterocycles. The van der Waals surface area contributed by atoms with E-state index in [1.165, 1.54) is 29.2 Å². The third-order valence-electron chi connectivity index (χ3n) is 3.06. The van der Waals surface area contributed by atoms with Gasteiger partial charge in [-0.15, -0.1) is 0 Å². The number of hydrogen-bond acceptors (Lipinski definition) is 6. The molecule has 0 saturated heterocycles. The third-order valence-corrected chi connectivity index (χ3v) is 3.06. The number of nitro benzene ring substituents is 1. The van der Waals surface area contributed by atoms with Crippen LogP contribution in [0.5, 0.6) is 0 Å². The average Bonchev–Trinajstić information content (AvgIpc) is 2.94. The zero-order valence-electron chi connectivity index (χ0n) is 10.5. The molecule has 0 amide bonds. The van der Waals surface area contributed by atoms with E-state index in [9.17, 15) is 14.9 Å². The fourth-order valence-electron chi connectivity index (χ4n) is 2.12. The van der Waals surface area contributed by atoms with Crippen LogP contribution in [0.3, 0.4) is 0 Å². The van der Waals surface area contributed by atoms with Crippen molar-refractivity contribution in [3.63, 3.8) is 0 Å². The van der Waals surface area contributed by atoms with Crippen molar-refractivity contribution in [2.75, 3.05) is 5.32 Å². The number of carboxylic acids is 1. The molecule has 1 aromatic heterocycles. The van der Waals surface area contributed by atoms with Gasteiger partial charge in [0, 0.05) is 12.1 Å². The maximum Gasteiger partial charge on any atom is 0.352 e. The Morgan fingerprint density at radius 3 is 3.00 bits per heavy atom. The number of carboxylic acid groups (broad SMARTS) is 1. The highest BCUT2D eigenvalue weighted by molar-refractivity contribution is 5.90. The molecule has 0 fully saturated rings. The van der Waals surface area contributed by atoms with Crippen LogP contribution in [-0.4, -0.2) is 30.8 Å². The number of rotatable bonds is 3. The number of anilines is 1. The van der Waals surface area contributed by atoms with E-state index in [0.717, 1.165) is 0 Å². The monoisotopic (exact) mass is 287 g/mol. The largest absolute Gasteiger partial charge is 0.477 e. The Morgan fingerprint density at radius 1 is 1.48 bits per heavy atom. The van der Waals surface area contributed by atoms with Gasteiger partial charge in [-0.05, 0) is 11.6 Å². The van der Waals surface area contributed by atoms with Crippen molar-refractivity contribution in [3.8, 4) is 0 Å². The molecule has 3 rings (SSSR count). The molecule has 9 heteroatoms. The number of nitrogens with one attached hydrogen (secondary N) is 1. The molecular formula is C12H9N5O4. The van der Waals surface area contributed by atoms with Gasteiger partial charge in [-0.2, -0.15) is 10.1 Å². The Hall–Kier alpha value is -3.23. The van der Waals surface area contributed by atoms with E-state index in [-0.39, 0.29) is 17.3 Å². The summed E-state index contributed by atoms with van der Waals surface area (Å²) in [5, 5.41) is 26.6. The van der Waals surface area contributed by atoms with Crippen LogP contribution in [0.1, 0.15) is 11.6 Å². The van der Waals surface area contributed by atoms with Crippen LogP contribution >= 0.6 is 0 Å². The number of aliphatic carboxylic acids is 1. The number of non-ortho nitro benzene ring substituents is 1. The van der Waals surface area contributed by atoms with Crippen molar-refractivity contribution < 1.29 is 14.8 Å². The number of allylic oxidation sites excluding steroid dienone is 1. The smallest absolute Gasteiger partial charge is 0.352 e. The van der Waals surface area contributed by atoms with Crippen LogP contribution in [0.2, 0.25) is 0 Å². The molecule has 0 spiro atoms. The first-order chi connectivity index (χ1) is 10.1. The molecule has 0 radical (unpaired) electrons. The molecule has 1 aliphatic rings. The Morgan fingerprint density at radius 2 is 2.29 bits per heavy atom. The molecular weight excluding hydrogens is 278 g/mol. The van der Waals surface area contributed by atoms with Crippen molar-refractivity contribution in [1.82, 2.24) is 14.8 Å². The first-order valence-corrected chi connectivity index (χ1v) is 5.92. The highest BCUT2D eigenvalue weighted by Gasteiger charge is 2.26. The van der Waals surface area contributed by atoms with Crippen molar-refractivity contribution in [3.05, 3.63) is 58.0 Å². The topological polar surface area (TPSA) is 123 Å². The zero-order chi connectivity index (χ0) is 15.0. The lowest BCUT2D eigenvalue weighted by atomic mass is 10.0. The molecule has 0 aliphatic carbocycles. The van der Waals surface area contributed by atoms with Gasteiger partial charge in [-0.3, -0.25) is 10.1 Å². The minimum absolute atomic E-state index is 0.0491. The summed E-state index contributed by atoms with van der Waals surface area (Å²) >= 11 is 0. The van der Waals surface area contributed by atoms with Crippen LogP contribution in [0.15, 0.2) is 42.4 Å². The minimum atomic E-state index is -1.14. The minimum Gasteiger partial charge on any atom is -0.477 e. The van der Waals surface area contributed by atoms with E-state index in [1.54, 1.807) is 12.1 Å². The van der Waals surface area contributed by atoms with Crippen LogP contribution in [-0.2, 0) is 4.79 Å². The second kappa shape index (κ2) is 4.71. The summed E-state index contributed by atoms with van der Waals surface area (Å²) in [5.74, 6) is -0.869. The van der Waals surface area contributed by atoms with Crippen LogP contribution in [0.4, 0.5) is 11.6 Å². The number of benzene rings is 1. The first-order valence-electron chi connectivity index (χ1n) is 5.92. The maximum atomic E-state index is 11.1. The van der Waals surface area contributed by atoms with Gasteiger partial charge >= 0.3 is 5.97 Å². The molecule has 106 valence electrons. The van der Waals surface area contributed by atoms with Crippen molar-refractivity contribution in [1.29, 1.82) is 0 Å². The average molecular weight is 287 g/mol. The quantitative estimate of drug-likeness (QED) is 0.641. The molecule has 1 atom stereocenters. The Bertz CT molecular complexity index is 767. The summed E-state index contributed by atoms with van der Waals surface area (Å²) in [7, 11) is 0. The van der Waals surface area contributed by atoms with Gasteiger partial charge in [0.15, 0.2) is 0 Å². The van der Waals surface area contributed by atoms with Gasteiger partial charge in [-0.25, -0.2) is 9.48 Å². The fourth-order valence-corrected chi connectivity index (χ4v) is 2.12. The number of aromatic nitrogens is 3. The number of fused-ring (bicyclic) bond motifs is 1.